The predicted molar refractivity (Wildman–Crippen MR) is 120 cm³/mol. The van der Waals surface area contributed by atoms with Crippen molar-refractivity contribution in [1.82, 2.24) is 9.97 Å². The van der Waals surface area contributed by atoms with Crippen molar-refractivity contribution in [3.63, 3.8) is 0 Å². The number of aromatic nitrogens is 2. The van der Waals surface area contributed by atoms with Crippen LogP contribution in [0.5, 0.6) is 0 Å². The Labute approximate surface area is 171 Å². The van der Waals surface area contributed by atoms with Crippen LogP contribution < -0.4 is 9.80 Å². The Kier molecular flexibility index (Phi) is 4.78. The number of nitrogens with zero attached hydrogens (tertiary/aromatic N) is 3. The molecule has 0 amide bonds. The summed E-state index contributed by atoms with van der Waals surface area (Å²) in [6.07, 6.45) is 0. The number of anilines is 2. The molecule has 0 radical (unpaired) electrons. The number of hydrogen-bond donors (Lipinski definition) is 3. The van der Waals surface area contributed by atoms with Crippen molar-refractivity contribution in [2.24, 2.45) is 0 Å². The first-order valence-electron chi connectivity index (χ1n) is 10.0. The fourth-order valence-corrected chi connectivity index (χ4v) is 3.87. The molecule has 0 atom stereocenters. The number of fused-ring (bicyclic) bond motifs is 1. The Morgan fingerprint density at radius 1 is 1.10 bits per heavy atom. The maximum Gasteiger partial charge on any atom is 0.145 e. The molecule has 3 N–H and O–H groups in total. The summed E-state index contributed by atoms with van der Waals surface area (Å²) in [5, 5.41) is 19.3. The molecule has 4 rings (SSSR count). The Bertz CT molecular complexity index is 1070. The van der Waals surface area contributed by atoms with Gasteiger partial charge in [-0.15, -0.1) is 0 Å². The zero-order chi connectivity index (χ0) is 20.7. The van der Waals surface area contributed by atoms with E-state index < -0.39 is 0 Å². The van der Waals surface area contributed by atoms with Gasteiger partial charge in [-0.3, -0.25) is 5.41 Å². The van der Waals surface area contributed by atoms with E-state index in [1.807, 2.05) is 18.2 Å². The summed E-state index contributed by atoms with van der Waals surface area (Å²) < 4.78 is 0. The fraction of sp³-hybridized carbons (Fsp3) is 0.304. The number of aryl methyl sites for hydroxylation is 2. The number of hydrogen-bond acceptors (Lipinski definition) is 4. The van der Waals surface area contributed by atoms with Gasteiger partial charge in [0.1, 0.15) is 17.4 Å². The lowest BCUT2D eigenvalue weighted by atomic mass is 10.1. The van der Waals surface area contributed by atoms with Gasteiger partial charge in [-0.2, -0.15) is 0 Å². The SMILES string of the molecule is CCN(CC)c1ccc(N2CC(O)=C(c3nc4cc(C)c(C)cc4[nH]3)C2=N)cc1. The van der Waals surface area contributed by atoms with E-state index in [1.54, 1.807) is 4.90 Å². The number of H-pyrrole nitrogens is 1. The van der Waals surface area contributed by atoms with E-state index in [-0.39, 0.29) is 18.1 Å². The molecule has 2 heterocycles. The van der Waals surface area contributed by atoms with Gasteiger partial charge in [0.2, 0.25) is 0 Å². The molecule has 29 heavy (non-hydrogen) atoms. The maximum atomic E-state index is 10.6. The number of aliphatic hydroxyl groups excluding tert-OH is 1. The van der Waals surface area contributed by atoms with Crippen LogP contribution in [0.25, 0.3) is 16.6 Å². The molecule has 0 unspecified atom stereocenters. The third kappa shape index (κ3) is 3.24. The summed E-state index contributed by atoms with van der Waals surface area (Å²) in [6, 6.07) is 12.2. The van der Waals surface area contributed by atoms with Crippen molar-refractivity contribution < 1.29 is 5.11 Å². The van der Waals surface area contributed by atoms with Crippen LogP contribution in [0.15, 0.2) is 42.2 Å². The molecular formula is C23H27N5O. The van der Waals surface area contributed by atoms with Gasteiger partial charge < -0.3 is 19.9 Å². The van der Waals surface area contributed by atoms with Gasteiger partial charge in [0, 0.05) is 24.5 Å². The Hall–Kier alpha value is -3.28. The normalized spacial score (nSPS) is 14.3. The molecule has 0 aliphatic carbocycles. The molecule has 6 nitrogen and oxygen atoms in total. The molecule has 2 aromatic carbocycles. The summed E-state index contributed by atoms with van der Waals surface area (Å²) in [7, 11) is 0. The predicted octanol–water partition coefficient (Wildman–Crippen LogP) is 4.79. The Balaban J connectivity index is 1.63. The van der Waals surface area contributed by atoms with E-state index in [1.165, 1.54) is 11.1 Å². The Morgan fingerprint density at radius 3 is 2.41 bits per heavy atom. The van der Waals surface area contributed by atoms with E-state index in [2.05, 4.69) is 60.8 Å². The third-order valence-electron chi connectivity index (χ3n) is 5.73. The first kappa shape index (κ1) is 19.1. The maximum absolute atomic E-state index is 10.6. The van der Waals surface area contributed by atoms with Crippen molar-refractivity contribution in [3.05, 3.63) is 59.1 Å². The molecule has 1 aromatic heterocycles. The van der Waals surface area contributed by atoms with E-state index >= 15 is 0 Å². The minimum atomic E-state index is 0.162. The van der Waals surface area contributed by atoms with Crippen LogP contribution in [0, 0.1) is 19.3 Å². The molecule has 6 heteroatoms. The minimum Gasteiger partial charge on any atom is -0.509 e. The van der Waals surface area contributed by atoms with Crippen LogP contribution in [0.2, 0.25) is 0 Å². The lowest BCUT2D eigenvalue weighted by molar-refractivity contribution is 0.411. The largest absolute Gasteiger partial charge is 0.509 e. The highest BCUT2D eigenvalue weighted by Crippen LogP contribution is 2.32. The van der Waals surface area contributed by atoms with E-state index in [0.717, 1.165) is 35.5 Å². The smallest absolute Gasteiger partial charge is 0.145 e. The molecule has 1 aliphatic heterocycles. The number of aliphatic hydroxyl groups is 1. The van der Waals surface area contributed by atoms with Gasteiger partial charge in [-0.1, -0.05) is 0 Å². The first-order chi connectivity index (χ1) is 13.9. The second-order valence-corrected chi connectivity index (χ2v) is 7.48. The minimum absolute atomic E-state index is 0.162. The number of benzene rings is 2. The summed E-state index contributed by atoms with van der Waals surface area (Å²) in [5.74, 6) is 0.954. The van der Waals surface area contributed by atoms with E-state index in [4.69, 9.17) is 5.41 Å². The van der Waals surface area contributed by atoms with Crippen molar-refractivity contribution in [3.8, 4) is 0 Å². The monoisotopic (exact) mass is 389 g/mol. The standard InChI is InChI=1S/C23H27N5O/c1-5-27(6-2)16-7-9-17(10-8-16)28-13-20(29)21(22(28)24)23-25-18-11-14(3)15(4)12-19(18)26-23/h7-12,24,29H,5-6,13H2,1-4H3,(H,25,26). The lowest BCUT2D eigenvalue weighted by Crippen LogP contribution is -2.26. The number of imidazole rings is 1. The summed E-state index contributed by atoms with van der Waals surface area (Å²) in [6.45, 7) is 10.6. The van der Waals surface area contributed by atoms with Gasteiger partial charge in [-0.05, 0) is 75.2 Å². The molecule has 1 aliphatic rings. The van der Waals surface area contributed by atoms with Crippen molar-refractivity contribution >= 4 is 33.8 Å². The Morgan fingerprint density at radius 2 is 1.76 bits per heavy atom. The number of nitrogens with one attached hydrogen (secondary N) is 2. The summed E-state index contributed by atoms with van der Waals surface area (Å²) >= 11 is 0. The average molecular weight is 390 g/mol. The van der Waals surface area contributed by atoms with Crippen molar-refractivity contribution in [2.45, 2.75) is 27.7 Å². The second-order valence-electron chi connectivity index (χ2n) is 7.48. The molecule has 150 valence electrons. The molecular weight excluding hydrogens is 362 g/mol. The molecule has 0 saturated heterocycles. The third-order valence-corrected chi connectivity index (χ3v) is 5.73. The first-order valence-corrected chi connectivity index (χ1v) is 10.0. The fourth-order valence-electron chi connectivity index (χ4n) is 3.87. The zero-order valence-corrected chi connectivity index (χ0v) is 17.4. The quantitative estimate of drug-likeness (QED) is 0.586. The molecule has 0 fully saturated rings. The van der Waals surface area contributed by atoms with Crippen molar-refractivity contribution in [2.75, 3.05) is 29.4 Å². The van der Waals surface area contributed by atoms with E-state index in [0.29, 0.717) is 11.4 Å². The van der Waals surface area contributed by atoms with Crippen LogP contribution in [0.1, 0.15) is 30.8 Å². The van der Waals surface area contributed by atoms with Crippen LogP contribution in [0.3, 0.4) is 0 Å². The highest BCUT2D eigenvalue weighted by Gasteiger charge is 2.31. The highest BCUT2D eigenvalue weighted by atomic mass is 16.3. The molecule has 0 spiro atoms. The zero-order valence-electron chi connectivity index (χ0n) is 17.4. The van der Waals surface area contributed by atoms with Gasteiger partial charge in [0.25, 0.3) is 0 Å². The van der Waals surface area contributed by atoms with Crippen LogP contribution in [-0.2, 0) is 0 Å². The summed E-state index contributed by atoms with van der Waals surface area (Å²) in [5.41, 5.74) is 6.62. The highest BCUT2D eigenvalue weighted by molar-refractivity contribution is 6.30. The van der Waals surface area contributed by atoms with Gasteiger partial charge in [0.15, 0.2) is 0 Å². The topological polar surface area (TPSA) is 79.2 Å². The number of rotatable bonds is 5. The van der Waals surface area contributed by atoms with Crippen LogP contribution in [-0.4, -0.2) is 40.5 Å². The number of amidine groups is 1. The number of aromatic amines is 1. The van der Waals surface area contributed by atoms with Crippen molar-refractivity contribution in [1.29, 1.82) is 5.41 Å². The molecule has 0 saturated carbocycles. The summed E-state index contributed by atoms with van der Waals surface area (Å²) in [4.78, 5) is 12.0. The second kappa shape index (κ2) is 7.28. The molecule has 0 bridgehead atoms. The lowest BCUT2D eigenvalue weighted by Gasteiger charge is -2.23. The van der Waals surface area contributed by atoms with Gasteiger partial charge in [0.05, 0.1) is 23.2 Å². The van der Waals surface area contributed by atoms with Gasteiger partial charge in [-0.25, -0.2) is 4.98 Å². The van der Waals surface area contributed by atoms with Crippen LogP contribution >= 0.6 is 0 Å². The molecule has 3 aromatic rings. The van der Waals surface area contributed by atoms with E-state index in [9.17, 15) is 5.11 Å². The van der Waals surface area contributed by atoms with Gasteiger partial charge >= 0.3 is 0 Å². The van der Waals surface area contributed by atoms with Crippen LogP contribution in [0.4, 0.5) is 11.4 Å². The average Bonchev–Trinajstić information content (AvgIpc) is 3.23.